The number of halogens is 2. The van der Waals surface area contributed by atoms with Gasteiger partial charge in [-0.1, -0.05) is 30.7 Å². The van der Waals surface area contributed by atoms with Crippen molar-refractivity contribution in [2.45, 2.75) is 32.9 Å². The van der Waals surface area contributed by atoms with E-state index >= 15 is 0 Å². The van der Waals surface area contributed by atoms with Crippen LogP contribution in [0.4, 0.5) is 0 Å². The summed E-state index contributed by atoms with van der Waals surface area (Å²) in [7, 11) is 3.93. The minimum absolute atomic E-state index is 0. The van der Waals surface area contributed by atoms with E-state index in [-0.39, 0.29) is 24.0 Å². The van der Waals surface area contributed by atoms with Crippen LogP contribution in [0.1, 0.15) is 25.8 Å². The van der Waals surface area contributed by atoms with Gasteiger partial charge in [-0.25, -0.2) is 0 Å². The molecule has 4 nitrogen and oxygen atoms in total. The van der Waals surface area contributed by atoms with E-state index < -0.39 is 0 Å². The summed E-state index contributed by atoms with van der Waals surface area (Å²) in [6.45, 7) is 7.02. The maximum Gasteiger partial charge on any atom is 0.191 e. The van der Waals surface area contributed by atoms with Crippen molar-refractivity contribution < 1.29 is 0 Å². The van der Waals surface area contributed by atoms with E-state index in [2.05, 4.69) is 41.4 Å². The molecular formula is C16H28ClIN4. The summed E-state index contributed by atoms with van der Waals surface area (Å²) in [6.07, 6.45) is 1.16. The summed E-state index contributed by atoms with van der Waals surface area (Å²) in [4.78, 5) is 6.57. The Labute approximate surface area is 156 Å². The van der Waals surface area contributed by atoms with Crippen molar-refractivity contribution >= 4 is 41.5 Å². The molecule has 0 radical (unpaired) electrons. The van der Waals surface area contributed by atoms with E-state index in [0.29, 0.717) is 12.6 Å². The number of likely N-dealkylation sites (N-methyl/N-ethyl adjacent to an activating group) is 1. The largest absolute Gasteiger partial charge is 0.355 e. The Morgan fingerprint density at radius 3 is 2.68 bits per heavy atom. The van der Waals surface area contributed by atoms with E-state index in [9.17, 15) is 0 Å². The molecule has 0 aromatic heterocycles. The maximum atomic E-state index is 5.98. The van der Waals surface area contributed by atoms with Crippen molar-refractivity contribution in [1.29, 1.82) is 0 Å². The number of hydrogen-bond acceptors (Lipinski definition) is 2. The summed E-state index contributed by atoms with van der Waals surface area (Å²) in [5.41, 5.74) is 1.14. The molecule has 1 atom stereocenters. The lowest BCUT2D eigenvalue weighted by molar-refractivity contribution is 0.255. The molecule has 1 unspecified atom stereocenters. The zero-order valence-corrected chi connectivity index (χ0v) is 17.0. The van der Waals surface area contributed by atoms with Crippen molar-refractivity contribution in [2.24, 2.45) is 4.99 Å². The topological polar surface area (TPSA) is 39.7 Å². The molecule has 0 aliphatic carbocycles. The molecule has 0 aliphatic heterocycles. The smallest absolute Gasteiger partial charge is 0.191 e. The number of nitrogens with zero attached hydrogens (tertiary/aromatic N) is 2. The molecule has 2 N–H and O–H groups in total. The summed E-state index contributed by atoms with van der Waals surface area (Å²) in [6, 6.07) is 8.44. The van der Waals surface area contributed by atoms with Gasteiger partial charge in [0.1, 0.15) is 0 Å². The Morgan fingerprint density at radius 2 is 2.09 bits per heavy atom. The summed E-state index contributed by atoms with van der Waals surface area (Å²) in [5, 5.41) is 7.38. The molecule has 22 heavy (non-hydrogen) atoms. The highest BCUT2D eigenvalue weighted by atomic mass is 127. The van der Waals surface area contributed by atoms with Crippen molar-refractivity contribution in [1.82, 2.24) is 15.5 Å². The first-order valence-electron chi connectivity index (χ1n) is 7.46. The lowest BCUT2D eigenvalue weighted by Gasteiger charge is -2.24. The van der Waals surface area contributed by atoms with Crippen LogP contribution in [0, 0.1) is 0 Å². The number of guanidine groups is 1. The number of rotatable bonds is 7. The molecular weight excluding hydrogens is 411 g/mol. The molecule has 0 bridgehead atoms. The van der Waals surface area contributed by atoms with Crippen LogP contribution in [0.25, 0.3) is 0 Å². The van der Waals surface area contributed by atoms with Crippen molar-refractivity contribution in [2.75, 3.05) is 27.2 Å². The second-order valence-electron chi connectivity index (χ2n) is 5.22. The number of benzene rings is 1. The van der Waals surface area contributed by atoms with Gasteiger partial charge >= 0.3 is 0 Å². The number of hydrogen-bond donors (Lipinski definition) is 2. The van der Waals surface area contributed by atoms with Gasteiger partial charge in [0, 0.05) is 37.7 Å². The van der Waals surface area contributed by atoms with E-state index in [1.807, 2.05) is 24.3 Å². The normalized spacial score (nSPS) is 12.7. The molecule has 1 aromatic rings. The van der Waals surface area contributed by atoms with E-state index in [0.717, 1.165) is 36.1 Å². The van der Waals surface area contributed by atoms with E-state index in [1.165, 1.54) is 0 Å². The highest BCUT2D eigenvalue weighted by Crippen LogP contribution is 2.10. The molecule has 126 valence electrons. The van der Waals surface area contributed by atoms with Crippen LogP contribution in [0.3, 0.4) is 0 Å². The first kappa shape index (κ1) is 21.5. The SMILES string of the molecule is CCC(C)N(C)CCNC(=NC)NCc1cccc(Cl)c1.I. The Hall–Kier alpha value is -0.530. The van der Waals surface area contributed by atoms with Gasteiger partial charge < -0.3 is 15.5 Å². The third-order valence-electron chi connectivity index (χ3n) is 3.67. The summed E-state index contributed by atoms with van der Waals surface area (Å²) in [5.74, 6) is 0.813. The monoisotopic (exact) mass is 438 g/mol. The lowest BCUT2D eigenvalue weighted by Crippen LogP contribution is -2.42. The lowest BCUT2D eigenvalue weighted by atomic mass is 10.2. The first-order valence-corrected chi connectivity index (χ1v) is 7.83. The fourth-order valence-corrected chi connectivity index (χ4v) is 2.15. The second kappa shape index (κ2) is 12.0. The van der Waals surface area contributed by atoms with Gasteiger partial charge in [0.2, 0.25) is 0 Å². The van der Waals surface area contributed by atoms with Crippen LogP contribution in [0.2, 0.25) is 5.02 Å². The van der Waals surface area contributed by atoms with Gasteiger partial charge in [-0.2, -0.15) is 0 Å². The van der Waals surface area contributed by atoms with Gasteiger partial charge in [0.25, 0.3) is 0 Å². The molecule has 0 saturated heterocycles. The maximum absolute atomic E-state index is 5.98. The Morgan fingerprint density at radius 1 is 1.36 bits per heavy atom. The van der Waals surface area contributed by atoms with Gasteiger partial charge in [-0.3, -0.25) is 4.99 Å². The molecule has 0 saturated carbocycles. The zero-order chi connectivity index (χ0) is 15.7. The third-order valence-corrected chi connectivity index (χ3v) is 3.91. The van der Waals surface area contributed by atoms with Crippen molar-refractivity contribution in [3.8, 4) is 0 Å². The summed E-state index contributed by atoms with van der Waals surface area (Å²) >= 11 is 5.98. The van der Waals surface area contributed by atoms with Crippen LogP contribution in [-0.2, 0) is 6.54 Å². The average molecular weight is 439 g/mol. The van der Waals surface area contributed by atoms with Crippen LogP contribution >= 0.6 is 35.6 Å². The molecule has 1 aromatic carbocycles. The highest BCUT2D eigenvalue weighted by Gasteiger charge is 2.06. The molecule has 0 fully saturated rings. The minimum atomic E-state index is 0. The van der Waals surface area contributed by atoms with Gasteiger partial charge in [0.15, 0.2) is 5.96 Å². The third kappa shape index (κ3) is 8.19. The van der Waals surface area contributed by atoms with Crippen LogP contribution in [-0.4, -0.2) is 44.1 Å². The van der Waals surface area contributed by atoms with Gasteiger partial charge in [-0.05, 0) is 38.1 Å². The average Bonchev–Trinajstić information content (AvgIpc) is 2.49. The Bertz CT molecular complexity index is 454. The predicted octanol–water partition coefficient (Wildman–Crippen LogP) is 3.35. The van der Waals surface area contributed by atoms with Crippen LogP contribution < -0.4 is 10.6 Å². The number of nitrogens with one attached hydrogen (secondary N) is 2. The Balaban J connectivity index is 0.00000441. The minimum Gasteiger partial charge on any atom is -0.355 e. The molecule has 0 aliphatic rings. The van der Waals surface area contributed by atoms with Gasteiger partial charge in [0.05, 0.1) is 0 Å². The quantitative estimate of drug-likeness (QED) is 0.390. The predicted molar refractivity (Wildman–Crippen MR) is 107 cm³/mol. The first-order chi connectivity index (χ1) is 10.1. The van der Waals surface area contributed by atoms with Crippen LogP contribution in [0.5, 0.6) is 0 Å². The molecule has 1 rings (SSSR count). The van der Waals surface area contributed by atoms with Gasteiger partial charge in [-0.15, -0.1) is 24.0 Å². The fourth-order valence-electron chi connectivity index (χ4n) is 1.94. The number of aliphatic imine (C=N–C) groups is 1. The second-order valence-corrected chi connectivity index (χ2v) is 5.66. The van der Waals surface area contributed by atoms with E-state index in [1.54, 1.807) is 7.05 Å². The summed E-state index contributed by atoms with van der Waals surface area (Å²) < 4.78 is 0. The van der Waals surface area contributed by atoms with Crippen LogP contribution in [0.15, 0.2) is 29.3 Å². The zero-order valence-electron chi connectivity index (χ0n) is 13.9. The van der Waals surface area contributed by atoms with Crippen molar-refractivity contribution in [3.63, 3.8) is 0 Å². The van der Waals surface area contributed by atoms with E-state index in [4.69, 9.17) is 11.6 Å². The molecule has 0 spiro atoms. The fraction of sp³-hybridized carbons (Fsp3) is 0.562. The molecule has 0 amide bonds. The highest BCUT2D eigenvalue weighted by molar-refractivity contribution is 14.0. The Kier molecular flexibility index (Phi) is 11.7. The molecule has 6 heteroatoms. The van der Waals surface area contributed by atoms with Crippen molar-refractivity contribution in [3.05, 3.63) is 34.9 Å². The molecule has 0 heterocycles. The standard InChI is InChI=1S/C16H27ClN4.HI/c1-5-13(2)21(4)10-9-19-16(18-3)20-12-14-7-6-8-15(17)11-14;/h6-8,11,13H,5,9-10,12H2,1-4H3,(H2,18,19,20);1H.